The van der Waals surface area contributed by atoms with Gasteiger partial charge in [0.25, 0.3) is 0 Å². The van der Waals surface area contributed by atoms with Gasteiger partial charge in [-0.25, -0.2) is 0 Å². The highest BCUT2D eigenvalue weighted by Gasteiger charge is 2.11. The molecule has 130 valence electrons. The molecule has 0 bridgehead atoms. The van der Waals surface area contributed by atoms with Crippen LogP contribution in [0.5, 0.6) is 0 Å². The zero-order chi connectivity index (χ0) is 16.8. The molecule has 0 aliphatic carbocycles. The first-order valence-corrected chi connectivity index (χ1v) is 9.32. The lowest BCUT2D eigenvalue weighted by Crippen LogP contribution is -2.32. The van der Waals surface area contributed by atoms with Gasteiger partial charge in [-0.1, -0.05) is 76.1 Å². The maximum Gasteiger partial charge on any atom is 0.149 e. The SMILES string of the molecule is C/C=C/C(OCCCCCCCCCC)N(C)c1ccccc1. The zero-order valence-corrected chi connectivity index (χ0v) is 15.3. The quantitative estimate of drug-likeness (QED) is 0.244. The van der Waals surface area contributed by atoms with Crippen molar-refractivity contribution in [3.8, 4) is 0 Å². The molecule has 0 aromatic heterocycles. The van der Waals surface area contributed by atoms with Crippen LogP contribution in [0.15, 0.2) is 42.5 Å². The Balaban J connectivity index is 2.21. The van der Waals surface area contributed by atoms with Gasteiger partial charge in [-0.2, -0.15) is 0 Å². The van der Waals surface area contributed by atoms with Crippen molar-refractivity contribution < 1.29 is 4.74 Å². The molecular formula is C21H35NO. The summed E-state index contributed by atoms with van der Waals surface area (Å²) in [6.45, 7) is 5.15. The second-order valence-electron chi connectivity index (χ2n) is 6.21. The molecule has 0 saturated heterocycles. The minimum atomic E-state index is 0.0203. The van der Waals surface area contributed by atoms with Gasteiger partial charge in [-0.05, 0) is 31.6 Å². The Labute approximate surface area is 143 Å². The largest absolute Gasteiger partial charge is 0.355 e. The summed E-state index contributed by atoms with van der Waals surface area (Å²) in [4.78, 5) is 2.19. The third kappa shape index (κ3) is 8.80. The normalized spacial score (nSPS) is 12.7. The lowest BCUT2D eigenvalue weighted by Gasteiger charge is -2.27. The van der Waals surface area contributed by atoms with Crippen LogP contribution < -0.4 is 4.90 Å². The molecule has 1 unspecified atom stereocenters. The van der Waals surface area contributed by atoms with E-state index in [-0.39, 0.29) is 6.23 Å². The van der Waals surface area contributed by atoms with Gasteiger partial charge < -0.3 is 9.64 Å². The molecule has 2 nitrogen and oxygen atoms in total. The lowest BCUT2D eigenvalue weighted by molar-refractivity contribution is 0.0824. The van der Waals surface area contributed by atoms with E-state index in [1.54, 1.807) is 0 Å². The molecule has 1 atom stereocenters. The standard InChI is InChI=1S/C21H35NO/c1-4-6-7-8-9-10-11-15-19-23-21(16-5-2)22(3)20-17-13-12-14-18-20/h5,12-14,16-18,21H,4,6-11,15,19H2,1-3H3/b16-5+. The van der Waals surface area contributed by atoms with E-state index in [1.807, 2.05) is 13.0 Å². The molecule has 0 saturated carbocycles. The summed E-state index contributed by atoms with van der Waals surface area (Å²) in [5.41, 5.74) is 1.19. The molecule has 2 heteroatoms. The highest BCUT2D eigenvalue weighted by Crippen LogP contribution is 2.16. The number of nitrogens with zero attached hydrogens (tertiary/aromatic N) is 1. The zero-order valence-electron chi connectivity index (χ0n) is 15.3. The van der Waals surface area contributed by atoms with Crippen molar-refractivity contribution in [3.05, 3.63) is 42.5 Å². The van der Waals surface area contributed by atoms with Crippen molar-refractivity contribution >= 4 is 5.69 Å². The Morgan fingerprint density at radius 1 is 0.957 bits per heavy atom. The van der Waals surface area contributed by atoms with E-state index in [1.165, 1.54) is 50.6 Å². The molecule has 0 spiro atoms. The molecule has 0 aliphatic rings. The first kappa shape index (κ1) is 19.8. The van der Waals surface area contributed by atoms with E-state index in [0.29, 0.717) is 0 Å². The Morgan fingerprint density at radius 3 is 2.17 bits per heavy atom. The molecule has 0 amide bonds. The maximum absolute atomic E-state index is 6.08. The molecule has 23 heavy (non-hydrogen) atoms. The summed E-state index contributed by atoms with van der Waals surface area (Å²) in [6.07, 6.45) is 14.9. The molecule has 0 N–H and O–H groups in total. The van der Waals surface area contributed by atoms with Gasteiger partial charge in [0, 0.05) is 19.3 Å². The number of ether oxygens (including phenoxy) is 1. The number of unbranched alkanes of at least 4 members (excludes halogenated alkanes) is 7. The Bertz CT molecular complexity index is 402. The summed E-state index contributed by atoms with van der Waals surface area (Å²) in [5, 5.41) is 0. The molecule has 1 aromatic carbocycles. The maximum atomic E-state index is 6.08. The van der Waals surface area contributed by atoms with E-state index >= 15 is 0 Å². The third-order valence-electron chi connectivity index (χ3n) is 4.19. The highest BCUT2D eigenvalue weighted by atomic mass is 16.5. The second kappa shape index (κ2) is 13.2. The second-order valence-corrected chi connectivity index (χ2v) is 6.21. The molecule has 0 fully saturated rings. The van der Waals surface area contributed by atoms with Crippen molar-refractivity contribution in [3.63, 3.8) is 0 Å². The summed E-state index contributed by atoms with van der Waals surface area (Å²) >= 11 is 0. The van der Waals surface area contributed by atoms with Gasteiger partial charge in [0.1, 0.15) is 6.23 Å². The smallest absolute Gasteiger partial charge is 0.149 e. The van der Waals surface area contributed by atoms with Crippen LogP contribution in [-0.4, -0.2) is 19.9 Å². The first-order chi connectivity index (χ1) is 11.3. The van der Waals surface area contributed by atoms with Crippen LogP contribution in [0.25, 0.3) is 0 Å². The van der Waals surface area contributed by atoms with Crippen LogP contribution >= 0.6 is 0 Å². The van der Waals surface area contributed by atoms with Gasteiger partial charge in [0.15, 0.2) is 0 Å². The van der Waals surface area contributed by atoms with Crippen molar-refractivity contribution in [2.45, 2.75) is 71.4 Å². The topological polar surface area (TPSA) is 12.5 Å². The van der Waals surface area contributed by atoms with E-state index in [2.05, 4.69) is 55.3 Å². The number of rotatable bonds is 13. The molecular weight excluding hydrogens is 282 g/mol. The fourth-order valence-corrected chi connectivity index (χ4v) is 2.71. The van der Waals surface area contributed by atoms with Crippen molar-refractivity contribution in [1.82, 2.24) is 0 Å². The summed E-state index contributed by atoms with van der Waals surface area (Å²) in [5.74, 6) is 0. The first-order valence-electron chi connectivity index (χ1n) is 9.32. The van der Waals surface area contributed by atoms with Crippen LogP contribution in [0.4, 0.5) is 5.69 Å². The number of benzene rings is 1. The van der Waals surface area contributed by atoms with Crippen molar-refractivity contribution in [2.75, 3.05) is 18.6 Å². The summed E-state index contributed by atoms with van der Waals surface area (Å²) in [6, 6.07) is 10.4. The van der Waals surface area contributed by atoms with Crippen LogP contribution in [0.1, 0.15) is 65.2 Å². The fraction of sp³-hybridized carbons (Fsp3) is 0.619. The predicted octanol–water partition coefficient (Wildman–Crippen LogP) is 6.18. The van der Waals surface area contributed by atoms with Gasteiger partial charge >= 0.3 is 0 Å². The Hall–Kier alpha value is -1.28. The number of likely N-dealkylation sites (N-methyl/N-ethyl adjacent to an activating group) is 1. The molecule has 0 aliphatic heterocycles. The van der Waals surface area contributed by atoms with Crippen molar-refractivity contribution in [2.24, 2.45) is 0 Å². The van der Waals surface area contributed by atoms with Gasteiger partial charge in [0.05, 0.1) is 0 Å². The average Bonchev–Trinajstić information content (AvgIpc) is 2.59. The highest BCUT2D eigenvalue weighted by molar-refractivity contribution is 5.46. The van der Waals surface area contributed by atoms with Gasteiger partial charge in [-0.15, -0.1) is 0 Å². The van der Waals surface area contributed by atoms with E-state index in [4.69, 9.17) is 4.74 Å². The summed E-state index contributed by atoms with van der Waals surface area (Å²) in [7, 11) is 2.09. The van der Waals surface area contributed by atoms with E-state index in [9.17, 15) is 0 Å². The summed E-state index contributed by atoms with van der Waals surface area (Å²) < 4.78 is 6.08. The number of para-hydroxylation sites is 1. The minimum absolute atomic E-state index is 0.0203. The van der Waals surface area contributed by atoms with Crippen LogP contribution in [0.3, 0.4) is 0 Å². The molecule has 1 aromatic rings. The predicted molar refractivity (Wildman–Crippen MR) is 102 cm³/mol. The Morgan fingerprint density at radius 2 is 1.57 bits per heavy atom. The van der Waals surface area contributed by atoms with Crippen LogP contribution in [0, 0.1) is 0 Å². The van der Waals surface area contributed by atoms with Crippen LogP contribution in [0.2, 0.25) is 0 Å². The van der Waals surface area contributed by atoms with E-state index in [0.717, 1.165) is 13.0 Å². The third-order valence-corrected chi connectivity index (χ3v) is 4.19. The molecule has 0 radical (unpaired) electrons. The van der Waals surface area contributed by atoms with Crippen LogP contribution in [-0.2, 0) is 4.74 Å². The number of hydrogen-bond donors (Lipinski definition) is 0. The lowest BCUT2D eigenvalue weighted by atomic mass is 10.1. The monoisotopic (exact) mass is 317 g/mol. The molecule has 0 heterocycles. The Kier molecular flexibility index (Phi) is 11.3. The molecule has 1 rings (SSSR count). The number of anilines is 1. The van der Waals surface area contributed by atoms with Crippen molar-refractivity contribution in [1.29, 1.82) is 0 Å². The number of hydrogen-bond acceptors (Lipinski definition) is 2. The van der Waals surface area contributed by atoms with Gasteiger partial charge in [-0.3, -0.25) is 0 Å². The van der Waals surface area contributed by atoms with Gasteiger partial charge in [0.2, 0.25) is 0 Å². The number of allylic oxidation sites excluding steroid dienone is 1. The van der Waals surface area contributed by atoms with E-state index < -0.39 is 0 Å². The fourth-order valence-electron chi connectivity index (χ4n) is 2.71. The average molecular weight is 318 g/mol. The minimum Gasteiger partial charge on any atom is -0.355 e.